The average molecular weight is 488 g/mol. The minimum Gasteiger partial charge on any atom is -0.321 e. The van der Waals surface area contributed by atoms with Crippen LogP contribution < -0.4 is 10.2 Å². The number of rotatable bonds is 5. The van der Waals surface area contributed by atoms with Gasteiger partial charge in [0.2, 0.25) is 5.91 Å². The number of carbonyl (C=O) groups is 2. The van der Waals surface area contributed by atoms with Crippen molar-refractivity contribution in [3.05, 3.63) is 105 Å². The number of anilines is 2. The Bertz CT molecular complexity index is 1350. The predicted molar refractivity (Wildman–Crippen MR) is 138 cm³/mol. The minimum absolute atomic E-state index is 0.107. The number of benzene rings is 3. The van der Waals surface area contributed by atoms with Crippen LogP contribution in [0.5, 0.6) is 0 Å². The number of hydrogen-bond acceptors (Lipinski definition) is 4. The lowest BCUT2D eigenvalue weighted by Crippen LogP contribution is -2.31. The lowest BCUT2D eigenvalue weighted by atomic mass is 10.1. The van der Waals surface area contributed by atoms with Gasteiger partial charge in [-0.3, -0.25) is 14.5 Å². The molecule has 1 saturated heterocycles. The van der Waals surface area contributed by atoms with Crippen LogP contribution in [0.25, 0.3) is 0 Å². The Labute approximate surface area is 208 Å². The SMILES string of the molecule is Cc1cccc(NC(=O)/C(C#N)=C2\S[C@@H](Cc3ccccc3Cl)C(=O)N2c2ccccc2C)c1. The normalized spacial score (nSPS) is 16.8. The first kappa shape index (κ1) is 23.6. The van der Waals surface area contributed by atoms with E-state index in [2.05, 4.69) is 5.32 Å². The van der Waals surface area contributed by atoms with Crippen LogP contribution in [0.15, 0.2) is 83.4 Å². The molecule has 0 aromatic heterocycles. The van der Waals surface area contributed by atoms with Crippen molar-refractivity contribution in [2.75, 3.05) is 10.2 Å². The third kappa shape index (κ3) is 4.86. The van der Waals surface area contributed by atoms with Gasteiger partial charge in [-0.1, -0.05) is 71.9 Å². The van der Waals surface area contributed by atoms with Crippen molar-refractivity contribution in [1.82, 2.24) is 0 Å². The molecule has 1 aliphatic heterocycles. The molecule has 2 amide bonds. The lowest BCUT2D eigenvalue weighted by Gasteiger charge is -2.20. The standard InChI is InChI=1S/C27H22ClN3O2S/c1-17-8-7-11-20(14-17)30-25(32)21(16-29)27-31(23-13-6-3-9-18(23)2)26(33)24(34-27)15-19-10-4-5-12-22(19)28/h3-14,24H,15H2,1-2H3,(H,30,32)/b27-21-/t24-/m0/s1. The van der Waals surface area contributed by atoms with E-state index in [9.17, 15) is 14.9 Å². The molecular weight excluding hydrogens is 466 g/mol. The summed E-state index contributed by atoms with van der Waals surface area (Å²) in [5.74, 6) is -0.745. The summed E-state index contributed by atoms with van der Waals surface area (Å²) in [4.78, 5) is 28.3. The molecule has 0 spiro atoms. The molecule has 0 bridgehead atoms. The van der Waals surface area contributed by atoms with Crippen LogP contribution in [-0.2, 0) is 16.0 Å². The molecule has 1 heterocycles. The number of nitrogens with zero attached hydrogens (tertiary/aromatic N) is 2. The fourth-order valence-electron chi connectivity index (χ4n) is 3.80. The van der Waals surface area contributed by atoms with Crippen molar-refractivity contribution in [2.24, 2.45) is 0 Å². The lowest BCUT2D eigenvalue weighted by molar-refractivity contribution is -0.117. The predicted octanol–water partition coefficient (Wildman–Crippen LogP) is 6.02. The first-order chi connectivity index (χ1) is 16.4. The highest BCUT2D eigenvalue weighted by Gasteiger charge is 2.41. The molecule has 1 aliphatic rings. The van der Waals surface area contributed by atoms with Gasteiger partial charge in [-0.05, 0) is 61.2 Å². The van der Waals surface area contributed by atoms with Crippen molar-refractivity contribution < 1.29 is 9.59 Å². The van der Waals surface area contributed by atoms with Gasteiger partial charge in [0.05, 0.1) is 10.9 Å². The molecule has 3 aromatic rings. The molecule has 0 unspecified atom stereocenters. The van der Waals surface area contributed by atoms with Crippen LogP contribution in [0.2, 0.25) is 5.02 Å². The molecule has 1 atom stereocenters. The zero-order valence-corrected chi connectivity index (χ0v) is 20.3. The van der Waals surface area contributed by atoms with Crippen molar-refractivity contribution >= 4 is 46.6 Å². The summed E-state index contributed by atoms with van der Waals surface area (Å²) in [5, 5.41) is 13.2. The molecule has 0 saturated carbocycles. The van der Waals surface area contributed by atoms with E-state index in [1.165, 1.54) is 16.7 Å². The summed E-state index contributed by atoms with van der Waals surface area (Å²) in [6.07, 6.45) is 0.382. The van der Waals surface area contributed by atoms with E-state index in [0.29, 0.717) is 27.8 Å². The van der Waals surface area contributed by atoms with Gasteiger partial charge < -0.3 is 5.32 Å². The topological polar surface area (TPSA) is 73.2 Å². The smallest absolute Gasteiger partial charge is 0.269 e. The molecule has 0 aliphatic carbocycles. The van der Waals surface area contributed by atoms with E-state index in [1.54, 1.807) is 12.1 Å². The minimum atomic E-state index is -0.555. The van der Waals surface area contributed by atoms with E-state index in [1.807, 2.05) is 80.6 Å². The van der Waals surface area contributed by atoms with Crippen molar-refractivity contribution in [2.45, 2.75) is 25.5 Å². The molecular formula is C27H22ClN3O2S. The Balaban J connectivity index is 1.76. The first-order valence-corrected chi connectivity index (χ1v) is 12.0. The van der Waals surface area contributed by atoms with Gasteiger partial charge in [0.1, 0.15) is 16.7 Å². The fraction of sp³-hybridized carbons (Fsp3) is 0.148. The van der Waals surface area contributed by atoms with Crippen LogP contribution in [0.4, 0.5) is 11.4 Å². The summed E-state index contributed by atoms with van der Waals surface area (Å²) in [6.45, 7) is 3.81. The highest BCUT2D eigenvalue weighted by atomic mass is 35.5. The van der Waals surface area contributed by atoms with Crippen LogP contribution in [0.3, 0.4) is 0 Å². The monoisotopic (exact) mass is 487 g/mol. The van der Waals surface area contributed by atoms with E-state index < -0.39 is 11.2 Å². The van der Waals surface area contributed by atoms with Crippen LogP contribution in [0, 0.1) is 25.2 Å². The Hall–Kier alpha value is -3.53. The summed E-state index contributed by atoms with van der Waals surface area (Å²) < 4.78 is 0. The molecule has 1 N–H and O–H groups in total. The maximum atomic E-state index is 13.6. The van der Waals surface area contributed by atoms with E-state index in [-0.39, 0.29) is 11.5 Å². The number of aryl methyl sites for hydroxylation is 2. The zero-order valence-electron chi connectivity index (χ0n) is 18.7. The number of hydrogen-bond donors (Lipinski definition) is 1. The van der Waals surface area contributed by atoms with Gasteiger partial charge in [0.15, 0.2) is 0 Å². The van der Waals surface area contributed by atoms with Gasteiger partial charge in [-0.25, -0.2) is 0 Å². The summed E-state index contributed by atoms with van der Waals surface area (Å²) in [5.41, 5.74) is 3.81. The summed E-state index contributed by atoms with van der Waals surface area (Å²) >= 11 is 7.57. The summed E-state index contributed by atoms with van der Waals surface area (Å²) in [7, 11) is 0. The zero-order chi connectivity index (χ0) is 24.2. The third-order valence-electron chi connectivity index (χ3n) is 5.50. The Morgan fingerprint density at radius 2 is 1.82 bits per heavy atom. The molecule has 1 fully saturated rings. The van der Waals surface area contributed by atoms with Gasteiger partial charge in [-0.2, -0.15) is 5.26 Å². The molecule has 34 heavy (non-hydrogen) atoms. The van der Waals surface area contributed by atoms with E-state index in [4.69, 9.17) is 11.6 Å². The second kappa shape index (κ2) is 10.2. The quantitative estimate of drug-likeness (QED) is 0.352. The Kier molecular flexibility index (Phi) is 7.06. The number of nitriles is 1. The van der Waals surface area contributed by atoms with Crippen molar-refractivity contribution in [3.63, 3.8) is 0 Å². The molecule has 4 rings (SSSR count). The van der Waals surface area contributed by atoms with Crippen LogP contribution in [-0.4, -0.2) is 17.1 Å². The van der Waals surface area contributed by atoms with Gasteiger partial charge in [-0.15, -0.1) is 0 Å². The van der Waals surface area contributed by atoms with Gasteiger partial charge >= 0.3 is 0 Å². The maximum absolute atomic E-state index is 13.6. The van der Waals surface area contributed by atoms with E-state index >= 15 is 0 Å². The highest BCUT2D eigenvalue weighted by Crippen LogP contribution is 2.43. The number of carbonyl (C=O) groups excluding carboxylic acids is 2. The molecule has 5 nitrogen and oxygen atoms in total. The van der Waals surface area contributed by atoms with Crippen molar-refractivity contribution in [3.8, 4) is 6.07 Å². The second-order valence-corrected chi connectivity index (χ2v) is 9.58. The molecule has 0 radical (unpaired) electrons. The molecule has 3 aromatic carbocycles. The number of nitrogens with one attached hydrogen (secondary N) is 1. The van der Waals surface area contributed by atoms with Crippen LogP contribution in [0.1, 0.15) is 16.7 Å². The first-order valence-electron chi connectivity index (χ1n) is 10.7. The maximum Gasteiger partial charge on any atom is 0.269 e. The van der Waals surface area contributed by atoms with Crippen molar-refractivity contribution in [1.29, 1.82) is 5.26 Å². The number of para-hydroxylation sites is 1. The Morgan fingerprint density at radius 1 is 1.09 bits per heavy atom. The van der Waals surface area contributed by atoms with E-state index in [0.717, 1.165) is 16.7 Å². The largest absolute Gasteiger partial charge is 0.321 e. The molecule has 170 valence electrons. The third-order valence-corrected chi connectivity index (χ3v) is 7.13. The highest BCUT2D eigenvalue weighted by molar-refractivity contribution is 8.05. The number of halogens is 1. The van der Waals surface area contributed by atoms with Gasteiger partial charge in [0.25, 0.3) is 5.91 Å². The van der Waals surface area contributed by atoms with Gasteiger partial charge in [0, 0.05) is 10.7 Å². The second-order valence-electron chi connectivity index (χ2n) is 7.98. The van der Waals surface area contributed by atoms with Crippen LogP contribution >= 0.6 is 23.4 Å². The summed E-state index contributed by atoms with van der Waals surface area (Å²) in [6, 6.07) is 24.2. The number of amides is 2. The average Bonchev–Trinajstić information content (AvgIpc) is 3.11. The Morgan fingerprint density at radius 3 is 2.53 bits per heavy atom. The fourth-order valence-corrected chi connectivity index (χ4v) is 5.30. The molecule has 7 heteroatoms. The number of thioether (sulfide) groups is 1.